The van der Waals surface area contributed by atoms with E-state index in [1.807, 2.05) is 34.2 Å². The number of amides is 2. The van der Waals surface area contributed by atoms with Gasteiger partial charge in [-0.3, -0.25) is 14.6 Å². The summed E-state index contributed by atoms with van der Waals surface area (Å²) in [5.41, 5.74) is 0.798. The van der Waals surface area contributed by atoms with E-state index in [1.165, 1.54) is 0 Å². The first-order valence-corrected chi connectivity index (χ1v) is 12.0. The zero-order chi connectivity index (χ0) is 21.4. The van der Waals surface area contributed by atoms with Crippen molar-refractivity contribution in [1.82, 2.24) is 19.8 Å². The number of carbonyl (C=O) groups excluding carboxylic acids is 2. The lowest BCUT2D eigenvalue weighted by atomic mass is 9.83. The maximum absolute atomic E-state index is 13.9. The number of carbonyl (C=O) groups is 2. The molecule has 5 rings (SSSR count). The molecule has 2 amide bonds. The first-order chi connectivity index (χ1) is 15.1. The number of hydrogen-bond acceptors (Lipinski definition) is 6. The number of likely N-dealkylation sites (tertiary alicyclic amines) is 1. The second-order valence-corrected chi connectivity index (χ2v) is 9.92. The van der Waals surface area contributed by atoms with Crippen LogP contribution in [0.2, 0.25) is 0 Å². The number of pyridine rings is 1. The van der Waals surface area contributed by atoms with Crippen molar-refractivity contribution in [1.29, 1.82) is 0 Å². The molecule has 31 heavy (non-hydrogen) atoms. The lowest BCUT2D eigenvalue weighted by Crippen LogP contribution is -2.60. The molecule has 7 nitrogen and oxygen atoms in total. The summed E-state index contributed by atoms with van der Waals surface area (Å²) >= 11 is 1.59. The molecule has 2 saturated heterocycles. The molecule has 0 radical (unpaired) electrons. The van der Waals surface area contributed by atoms with Gasteiger partial charge in [0.25, 0.3) is 5.91 Å². The van der Waals surface area contributed by atoms with Crippen molar-refractivity contribution < 1.29 is 14.3 Å². The topological polar surface area (TPSA) is 75.6 Å². The molecule has 3 aliphatic rings. The maximum atomic E-state index is 13.9. The molecular weight excluding hydrogens is 412 g/mol. The van der Waals surface area contributed by atoms with Gasteiger partial charge in [-0.1, -0.05) is 18.9 Å². The first kappa shape index (κ1) is 20.6. The van der Waals surface area contributed by atoms with Gasteiger partial charge in [0.05, 0.1) is 30.4 Å². The maximum Gasteiger partial charge on any atom is 0.257 e. The molecule has 2 aromatic heterocycles. The van der Waals surface area contributed by atoms with Crippen molar-refractivity contribution in [3.63, 3.8) is 0 Å². The van der Waals surface area contributed by atoms with Gasteiger partial charge in [0.1, 0.15) is 0 Å². The fourth-order valence-electron chi connectivity index (χ4n) is 5.34. The number of aryl methyl sites for hydroxylation is 1. The van der Waals surface area contributed by atoms with Crippen LogP contribution in [0.5, 0.6) is 0 Å². The van der Waals surface area contributed by atoms with Crippen LogP contribution in [-0.4, -0.2) is 63.4 Å². The number of rotatable bonds is 4. The van der Waals surface area contributed by atoms with E-state index in [-0.39, 0.29) is 23.7 Å². The number of thiazole rings is 1. The third-order valence-corrected chi connectivity index (χ3v) is 7.71. The molecule has 2 aliphatic heterocycles. The van der Waals surface area contributed by atoms with E-state index >= 15 is 0 Å². The predicted molar refractivity (Wildman–Crippen MR) is 116 cm³/mol. The summed E-state index contributed by atoms with van der Waals surface area (Å²) < 4.78 is 6.29. The highest BCUT2D eigenvalue weighted by atomic mass is 32.1. The standard InChI is InChI=1S/C23H28N4O3S/c1-16-25-19(14-31-16)12-26-9-10-30-23(22(26)29)15-27(21(28)17-5-2-3-6-17)13-20(23)18-7-4-8-24-11-18/h4,7-8,11,14,17,20H,2-3,5-6,9-10,12-13,15H2,1H3. The van der Waals surface area contributed by atoms with Crippen molar-refractivity contribution in [3.05, 3.63) is 46.2 Å². The van der Waals surface area contributed by atoms with Crippen molar-refractivity contribution in [3.8, 4) is 0 Å². The summed E-state index contributed by atoms with van der Waals surface area (Å²) in [6.07, 6.45) is 7.64. The fourth-order valence-corrected chi connectivity index (χ4v) is 5.94. The predicted octanol–water partition coefficient (Wildman–Crippen LogP) is 2.76. The van der Waals surface area contributed by atoms with Crippen molar-refractivity contribution in [2.45, 2.75) is 50.7 Å². The molecule has 8 heteroatoms. The summed E-state index contributed by atoms with van der Waals surface area (Å²) in [4.78, 5) is 39.6. The molecule has 4 heterocycles. The number of ether oxygens (including phenoxy) is 1. The molecule has 164 valence electrons. The first-order valence-electron chi connectivity index (χ1n) is 11.1. The van der Waals surface area contributed by atoms with Crippen LogP contribution in [0.15, 0.2) is 29.9 Å². The van der Waals surface area contributed by atoms with Crippen LogP contribution in [0, 0.1) is 12.8 Å². The number of morpholine rings is 1. The van der Waals surface area contributed by atoms with Crippen LogP contribution in [0.3, 0.4) is 0 Å². The van der Waals surface area contributed by atoms with Crippen molar-refractivity contribution in [2.75, 3.05) is 26.2 Å². The molecule has 0 bridgehead atoms. The van der Waals surface area contributed by atoms with Gasteiger partial charge in [-0.25, -0.2) is 4.98 Å². The number of nitrogens with zero attached hydrogens (tertiary/aromatic N) is 4. The molecule has 0 aromatic carbocycles. The number of aromatic nitrogens is 2. The summed E-state index contributed by atoms with van der Waals surface area (Å²) in [6.45, 7) is 4.25. The molecule has 2 atom stereocenters. The Balaban J connectivity index is 1.45. The van der Waals surface area contributed by atoms with Crippen LogP contribution in [0.1, 0.15) is 47.9 Å². The van der Waals surface area contributed by atoms with E-state index in [0.717, 1.165) is 41.9 Å². The third kappa shape index (κ3) is 3.76. The Morgan fingerprint density at radius 1 is 1.35 bits per heavy atom. The van der Waals surface area contributed by atoms with Gasteiger partial charge in [-0.15, -0.1) is 11.3 Å². The Morgan fingerprint density at radius 3 is 2.90 bits per heavy atom. The molecule has 1 saturated carbocycles. The average molecular weight is 441 g/mol. The lowest BCUT2D eigenvalue weighted by Gasteiger charge is -2.42. The Hall–Kier alpha value is -2.32. The average Bonchev–Trinajstić information content (AvgIpc) is 3.53. The SMILES string of the molecule is Cc1nc(CN2CCOC3(CN(C(=O)C4CCCC4)CC3c3cccnc3)C2=O)cs1. The molecule has 3 fully saturated rings. The third-order valence-electron chi connectivity index (χ3n) is 6.88. The van der Waals surface area contributed by atoms with E-state index in [1.54, 1.807) is 23.7 Å². The van der Waals surface area contributed by atoms with E-state index in [4.69, 9.17) is 4.74 Å². The lowest BCUT2D eigenvalue weighted by molar-refractivity contribution is -0.173. The minimum absolute atomic E-state index is 0.0417. The van der Waals surface area contributed by atoms with Crippen molar-refractivity contribution >= 4 is 23.2 Å². The van der Waals surface area contributed by atoms with E-state index in [0.29, 0.717) is 32.8 Å². The normalized spacial score (nSPS) is 26.9. The van der Waals surface area contributed by atoms with Gasteiger partial charge in [-0.05, 0) is 31.4 Å². The van der Waals surface area contributed by atoms with Crippen LogP contribution in [0.4, 0.5) is 0 Å². The summed E-state index contributed by atoms with van der Waals surface area (Å²) in [5.74, 6) is -0.0107. The Bertz CT molecular complexity index is 959. The zero-order valence-corrected chi connectivity index (χ0v) is 18.6. The van der Waals surface area contributed by atoms with Gasteiger partial charge in [-0.2, -0.15) is 0 Å². The largest absolute Gasteiger partial charge is 0.361 e. The van der Waals surface area contributed by atoms with Crippen LogP contribution < -0.4 is 0 Å². The van der Waals surface area contributed by atoms with Gasteiger partial charge < -0.3 is 14.5 Å². The molecular formula is C23H28N4O3S. The summed E-state index contributed by atoms with van der Waals surface area (Å²) in [7, 11) is 0. The highest BCUT2D eigenvalue weighted by molar-refractivity contribution is 7.09. The second kappa shape index (κ2) is 8.31. The van der Waals surface area contributed by atoms with Gasteiger partial charge in [0.2, 0.25) is 5.91 Å². The molecule has 1 spiro atoms. The summed E-state index contributed by atoms with van der Waals surface area (Å²) in [6, 6.07) is 3.87. The smallest absolute Gasteiger partial charge is 0.257 e. The highest BCUT2D eigenvalue weighted by Gasteiger charge is 2.58. The molecule has 0 N–H and O–H groups in total. The zero-order valence-electron chi connectivity index (χ0n) is 17.8. The van der Waals surface area contributed by atoms with Crippen LogP contribution in [-0.2, 0) is 20.9 Å². The quantitative estimate of drug-likeness (QED) is 0.731. The van der Waals surface area contributed by atoms with E-state index < -0.39 is 5.60 Å². The Morgan fingerprint density at radius 2 is 2.19 bits per heavy atom. The molecule has 2 aromatic rings. The Labute approximate surface area is 186 Å². The van der Waals surface area contributed by atoms with Gasteiger partial charge in [0.15, 0.2) is 5.60 Å². The Kier molecular flexibility index (Phi) is 5.52. The summed E-state index contributed by atoms with van der Waals surface area (Å²) in [5, 5.41) is 3.00. The number of hydrogen-bond donors (Lipinski definition) is 0. The monoisotopic (exact) mass is 440 g/mol. The van der Waals surface area contributed by atoms with Crippen molar-refractivity contribution in [2.24, 2.45) is 5.92 Å². The fraction of sp³-hybridized carbons (Fsp3) is 0.565. The second-order valence-electron chi connectivity index (χ2n) is 8.86. The van der Waals surface area contributed by atoms with E-state index in [9.17, 15) is 9.59 Å². The minimum atomic E-state index is -1.05. The van der Waals surface area contributed by atoms with E-state index in [2.05, 4.69) is 9.97 Å². The van der Waals surface area contributed by atoms with Gasteiger partial charge in [0, 0.05) is 42.7 Å². The highest BCUT2D eigenvalue weighted by Crippen LogP contribution is 2.43. The molecule has 1 aliphatic carbocycles. The molecule has 2 unspecified atom stereocenters. The van der Waals surface area contributed by atoms with Crippen LogP contribution in [0.25, 0.3) is 0 Å². The van der Waals surface area contributed by atoms with Crippen LogP contribution >= 0.6 is 11.3 Å². The minimum Gasteiger partial charge on any atom is -0.361 e. The van der Waals surface area contributed by atoms with Gasteiger partial charge >= 0.3 is 0 Å².